The standard InChI is InChI=1S/C30H46O4/c1-17(2)15-19-24(32)23(25(33)34-19)18-9-11-28(6)21-8-7-20-26(3,4)22(31)10-12-29(20)16-30(21,29)14-13-27(18,28)5/h15,18-21,23-25,32-33H,7-14,16H2,1-6H3. The summed E-state index contributed by atoms with van der Waals surface area (Å²) in [5, 5.41) is 22.3. The fraction of sp³-hybridized carbons (Fsp3) is 0.900. The van der Waals surface area contributed by atoms with Gasteiger partial charge in [-0.25, -0.2) is 0 Å². The van der Waals surface area contributed by atoms with Gasteiger partial charge in [0.15, 0.2) is 6.29 Å². The molecule has 0 bridgehead atoms. The number of allylic oxidation sites excluding steroid dienone is 1. The molecule has 1 saturated heterocycles. The molecule has 0 aromatic heterocycles. The van der Waals surface area contributed by atoms with Gasteiger partial charge in [0.1, 0.15) is 11.9 Å². The van der Waals surface area contributed by atoms with Crippen molar-refractivity contribution in [2.45, 2.75) is 118 Å². The van der Waals surface area contributed by atoms with Gasteiger partial charge in [0.2, 0.25) is 0 Å². The fourth-order valence-electron chi connectivity index (χ4n) is 11.5. The van der Waals surface area contributed by atoms with E-state index in [-0.39, 0.29) is 28.1 Å². The highest BCUT2D eigenvalue weighted by molar-refractivity contribution is 5.86. The van der Waals surface area contributed by atoms with Crippen molar-refractivity contribution in [3.63, 3.8) is 0 Å². The maximum Gasteiger partial charge on any atom is 0.161 e. The number of ether oxygens (including phenoxy) is 1. The number of Topliss-reactive ketones (excluding diaryl/α,β-unsaturated/α-hetero) is 1. The quantitative estimate of drug-likeness (QED) is 0.512. The summed E-state index contributed by atoms with van der Waals surface area (Å²) < 4.78 is 5.90. The van der Waals surface area contributed by atoms with Gasteiger partial charge in [-0.3, -0.25) is 4.79 Å². The minimum Gasteiger partial charge on any atom is -0.390 e. The van der Waals surface area contributed by atoms with Crippen LogP contribution in [0.3, 0.4) is 0 Å². The molecule has 190 valence electrons. The largest absolute Gasteiger partial charge is 0.390 e. The first kappa shape index (κ1) is 23.7. The highest BCUT2D eigenvalue weighted by Crippen LogP contribution is 2.88. The SMILES string of the molecule is CC(C)=CC1OC(O)C(C2CCC3(C)C4CCC5C(C)(C)C(=O)CCC56CC46CCC23C)C1O. The lowest BCUT2D eigenvalue weighted by atomic mass is 9.42. The predicted octanol–water partition coefficient (Wildman–Crippen LogP) is 5.66. The van der Waals surface area contributed by atoms with Gasteiger partial charge in [-0.05, 0) is 105 Å². The van der Waals surface area contributed by atoms with Gasteiger partial charge >= 0.3 is 0 Å². The van der Waals surface area contributed by atoms with Gasteiger partial charge in [0.05, 0.1) is 6.10 Å². The van der Waals surface area contributed by atoms with E-state index in [4.69, 9.17) is 4.74 Å². The van der Waals surface area contributed by atoms with Crippen LogP contribution >= 0.6 is 0 Å². The van der Waals surface area contributed by atoms with Crippen LogP contribution in [-0.4, -0.2) is 34.5 Å². The number of ketones is 1. The molecule has 6 fully saturated rings. The van der Waals surface area contributed by atoms with E-state index in [0.29, 0.717) is 28.4 Å². The minimum atomic E-state index is -0.885. The Kier molecular flexibility index (Phi) is 4.86. The lowest BCUT2D eigenvalue weighted by Crippen LogP contribution is -2.57. The molecule has 0 aromatic rings. The topological polar surface area (TPSA) is 66.8 Å². The number of carbonyl (C=O) groups is 1. The maximum absolute atomic E-state index is 12.9. The first-order chi connectivity index (χ1) is 15.8. The van der Waals surface area contributed by atoms with Crippen LogP contribution < -0.4 is 0 Å². The third-order valence-corrected chi connectivity index (χ3v) is 13.2. The van der Waals surface area contributed by atoms with E-state index in [0.717, 1.165) is 24.8 Å². The number of fused-ring (bicyclic) bond motifs is 2. The smallest absolute Gasteiger partial charge is 0.161 e. The number of hydrogen-bond donors (Lipinski definition) is 2. The van der Waals surface area contributed by atoms with E-state index >= 15 is 0 Å². The Morgan fingerprint density at radius 3 is 2.29 bits per heavy atom. The van der Waals surface area contributed by atoms with Gasteiger partial charge in [-0.15, -0.1) is 0 Å². The van der Waals surface area contributed by atoms with E-state index in [1.165, 1.54) is 38.5 Å². The zero-order valence-electron chi connectivity index (χ0n) is 22.2. The third-order valence-electron chi connectivity index (χ3n) is 13.2. The number of hydrogen-bond acceptors (Lipinski definition) is 4. The zero-order valence-corrected chi connectivity index (χ0v) is 22.2. The Bertz CT molecular complexity index is 934. The van der Waals surface area contributed by atoms with Crippen molar-refractivity contribution in [1.29, 1.82) is 0 Å². The van der Waals surface area contributed by atoms with Gasteiger partial charge in [-0.1, -0.05) is 39.3 Å². The van der Waals surface area contributed by atoms with Crippen molar-refractivity contribution in [3.8, 4) is 0 Å². The van der Waals surface area contributed by atoms with Crippen LogP contribution in [0.4, 0.5) is 0 Å². The molecule has 2 spiro atoms. The van der Waals surface area contributed by atoms with Crippen LogP contribution in [0, 0.1) is 50.7 Å². The second-order valence-electron chi connectivity index (χ2n) is 14.6. The van der Waals surface area contributed by atoms with Crippen molar-refractivity contribution in [3.05, 3.63) is 11.6 Å². The van der Waals surface area contributed by atoms with E-state index in [1.807, 2.05) is 19.9 Å². The molecule has 6 aliphatic rings. The molecule has 11 unspecified atom stereocenters. The number of aliphatic hydroxyl groups excluding tert-OH is 2. The molecular formula is C30H46O4. The zero-order chi connectivity index (χ0) is 24.5. The highest BCUT2D eigenvalue weighted by atomic mass is 16.6. The lowest BCUT2D eigenvalue weighted by Gasteiger charge is -2.62. The summed E-state index contributed by atoms with van der Waals surface area (Å²) in [6, 6.07) is 0. The normalized spacial score (nSPS) is 57.3. The van der Waals surface area contributed by atoms with Crippen molar-refractivity contribution < 1.29 is 19.7 Å². The predicted molar refractivity (Wildman–Crippen MR) is 132 cm³/mol. The average Bonchev–Trinajstić information content (AvgIpc) is 3.25. The summed E-state index contributed by atoms with van der Waals surface area (Å²) in [6.07, 6.45) is 10.4. The number of rotatable bonds is 2. The molecule has 5 saturated carbocycles. The first-order valence-corrected chi connectivity index (χ1v) is 14.0. The molecule has 0 radical (unpaired) electrons. The summed E-state index contributed by atoms with van der Waals surface area (Å²) in [5.41, 5.74) is 2.09. The summed E-state index contributed by atoms with van der Waals surface area (Å²) >= 11 is 0. The Morgan fingerprint density at radius 2 is 1.59 bits per heavy atom. The molecule has 6 rings (SSSR count). The Labute approximate surface area is 205 Å². The van der Waals surface area contributed by atoms with E-state index < -0.39 is 18.5 Å². The fourth-order valence-corrected chi connectivity index (χ4v) is 11.5. The van der Waals surface area contributed by atoms with Gasteiger partial charge in [0.25, 0.3) is 0 Å². The van der Waals surface area contributed by atoms with Crippen molar-refractivity contribution in [1.82, 2.24) is 0 Å². The van der Waals surface area contributed by atoms with E-state index in [1.54, 1.807) is 0 Å². The molecule has 0 amide bonds. The van der Waals surface area contributed by atoms with Crippen LogP contribution in [-0.2, 0) is 9.53 Å². The lowest BCUT2D eigenvalue weighted by molar-refractivity contribution is -0.166. The molecule has 2 N–H and O–H groups in total. The van der Waals surface area contributed by atoms with Gasteiger partial charge in [0, 0.05) is 17.8 Å². The van der Waals surface area contributed by atoms with Gasteiger partial charge in [-0.2, -0.15) is 0 Å². The number of carbonyl (C=O) groups excluding carboxylic acids is 1. The van der Waals surface area contributed by atoms with Crippen LogP contribution in [0.1, 0.15) is 99.3 Å². The number of aliphatic hydroxyl groups is 2. The van der Waals surface area contributed by atoms with E-state index in [9.17, 15) is 15.0 Å². The molecule has 5 aliphatic carbocycles. The molecule has 1 aliphatic heterocycles. The molecule has 0 aromatic carbocycles. The Balaban J connectivity index is 1.32. The second kappa shape index (κ2) is 6.98. The third kappa shape index (κ3) is 2.59. The summed E-state index contributed by atoms with van der Waals surface area (Å²) in [6.45, 7) is 13.6. The summed E-state index contributed by atoms with van der Waals surface area (Å²) in [4.78, 5) is 12.9. The Morgan fingerprint density at radius 1 is 0.912 bits per heavy atom. The first-order valence-electron chi connectivity index (χ1n) is 14.0. The average molecular weight is 471 g/mol. The van der Waals surface area contributed by atoms with Crippen molar-refractivity contribution >= 4 is 5.78 Å². The Hall–Kier alpha value is -0.710. The molecule has 11 atom stereocenters. The van der Waals surface area contributed by atoms with E-state index in [2.05, 4.69) is 27.7 Å². The van der Waals surface area contributed by atoms with Crippen LogP contribution in [0.25, 0.3) is 0 Å². The summed E-state index contributed by atoms with van der Waals surface area (Å²) in [5.74, 6) is 1.82. The molecule has 1 heterocycles. The monoisotopic (exact) mass is 470 g/mol. The second-order valence-corrected chi connectivity index (χ2v) is 14.6. The summed E-state index contributed by atoms with van der Waals surface area (Å²) in [7, 11) is 0. The molecule has 34 heavy (non-hydrogen) atoms. The highest BCUT2D eigenvalue weighted by Gasteiger charge is 2.82. The maximum atomic E-state index is 12.9. The molecule has 4 heteroatoms. The van der Waals surface area contributed by atoms with Gasteiger partial charge < -0.3 is 14.9 Å². The minimum absolute atomic E-state index is 0.107. The van der Waals surface area contributed by atoms with Crippen molar-refractivity contribution in [2.75, 3.05) is 0 Å². The van der Waals surface area contributed by atoms with Crippen LogP contribution in [0.5, 0.6) is 0 Å². The van der Waals surface area contributed by atoms with Crippen LogP contribution in [0.2, 0.25) is 0 Å². The van der Waals surface area contributed by atoms with Crippen molar-refractivity contribution in [2.24, 2.45) is 50.7 Å². The molecule has 4 nitrogen and oxygen atoms in total. The molecular weight excluding hydrogens is 424 g/mol. The van der Waals surface area contributed by atoms with Crippen LogP contribution in [0.15, 0.2) is 11.6 Å².